The number of nitrogens with zero attached hydrogens (tertiary/aromatic N) is 1. The van der Waals surface area contributed by atoms with Crippen molar-refractivity contribution in [2.75, 3.05) is 13.2 Å². The zero-order valence-corrected chi connectivity index (χ0v) is 16.1. The van der Waals surface area contributed by atoms with Crippen LogP contribution < -0.4 is 0 Å². The minimum absolute atomic E-state index is 0.0136. The second-order valence-corrected chi connectivity index (χ2v) is 7.48. The zero-order valence-electron chi connectivity index (χ0n) is 15.4. The molecule has 1 aromatic carbocycles. The Morgan fingerprint density at radius 2 is 1.96 bits per heavy atom. The Kier molecular flexibility index (Phi) is 5.00. The Morgan fingerprint density at radius 1 is 1.21 bits per heavy atom. The van der Waals surface area contributed by atoms with Crippen LogP contribution in [0.5, 0.6) is 0 Å². The van der Waals surface area contributed by atoms with Gasteiger partial charge in [0.1, 0.15) is 23.3 Å². The van der Waals surface area contributed by atoms with Gasteiger partial charge >= 0.3 is 0 Å². The van der Waals surface area contributed by atoms with Crippen LogP contribution in [0.1, 0.15) is 36.0 Å². The van der Waals surface area contributed by atoms with Gasteiger partial charge in [0.25, 0.3) is 11.7 Å². The first-order valence-electron chi connectivity index (χ1n) is 9.18. The molecule has 0 saturated carbocycles. The first kappa shape index (κ1) is 18.8. The van der Waals surface area contributed by atoms with Crippen LogP contribution in [-0.4, -0.2) is 41.0 Å². The van der Waals surface area contributed by atoms with Crippen molar-refractivity contribution in [2.45, 2.75) is 31.9 Å². The van der Waals surface area contributed by atoms with Crippen LogP contribution in [0.4, 0.5) is 0 Å². The van der Waals surface area contributed by atoms with E-state index in [2.05, 4.69) is 0 Å². The smallest absolute Gasteiger partial charge is 0.295 e. The van der Waals surface area contributed by atoms with Crippen LogP contribution >= 0.6 is 11.6 Å². The highest BCUT2D eigenvalue weighted by Crippen LogP contribution is 2.40. The van der Waals surface area contributed by atoms with Gasteiger partial charge in [-0.2, -0.15) is 0 Å². The molecule has 0 bridgehead atoms. The quantitative estimate of drug-likeness (QED) is 0.478. The van der Waals surface area contributed by atoms with E-state index in [1.165, 1.54) is 4.90 Å². The molecule has 0 aliphatic carbocycles. The first-order valence-corrected chi connectivity index (χ1v) is 9.56. The molecule has 2 aliphatic heterocycles. The molecule has 0 radical (unpaired) electrons. The molecule has 4 rings (SSSR count). The summed E-state index contributed by atoms with van der Waals surface area (Å²) in [4.78, 5) is 27.1. The fourth-order valence-electron chi connectivity index (χ4n) is 3.74. The summed E-state index contributed by atoms with van der Waals surface area (Å²) in [6.45, 7) is 2.70. The lowest BCUT2D eigenvalue weighted by atomic mass is 9.99. The number of furan rings is 1. The SMILES string of the molecule is Cc1ccc([C@H]2C(=C(O)c3ccc(Cl)cc3)C(=O)C(=O)N2C[C@H]2CCCO2)o1. The minimum Gasteiger partial charge on any atom is -0.507 e. The number of amides is 1. The van der Waals surface area contributed by atoms with Crippen molar-refractivity contribution in [1.29, 1.82) is 0 Å². The summed E-state index contributed by atoms with van der Waals surface area (Å²) >= 11 is 5.92. The van der Waals surface area contributed by atoms with Crippen molar-refractivity contribution in [3.05, 3.63) is 64.1 Å². The molecule has 1 amide bonds. The minimum atomic E-state index is -0.798. The molecule has 1 aromatic heterocycles. The number of Topliss-reactive ketones (excluding diaryl/α,β-unsaturated/α-hetero) is 1. The molecule has 6 nitrogen and oxygen atoms in total. The highest BCUT2D eigenvalue weighted by Gasteiger charge is 2.48. The molecular formula is C21H20ClNO5. The van der Waals surface area contributed by atoms with Crippen molar-refractivity contribution >= 4 is 29.1 Å². The maximum atomic E-state index is 12.8. The average Bonchev–Trinajstić information content (AvgIpc) is 3.39. The number of aryl methyl sites for hydroxylation is 1. The molecule has 146 valence electrons. The second-order valence-electron chi connectivity index (χ2n) is 7.04. The van der Waals surface area contributed by atoms with Crippen molar-refractivity contribution in [3.8, 4) is 0 Å². The van der Waals surface area contributed by atoms with Gasteiger partial charge in [0.15, 0.2) is 0 Å². The van der Waals surface area contributed by atoms with Gasteiger partial charge in [0.2, 0.25) is 0 Å². The van der Waals surface area contributed by atoms with Crippen molar-refractivity contribution in [1.82, 2.24) is 4.90 Å². The Bertz CT molecular complexity index is 940. The number of ketones is 1. The molecular weight excluding hydrogens is 382 g/mol. The van der Waals surface area contributed by atoms with E-state index in [9.17, 15) is 14.7 Å². The van der Waals surface area contributed by atoms with Crippen LogP contribution in [-0.2, 0) is 14.3 Å². The Hall–Kier alpha value is -2.57. The van der Waals surface area contributed by atoms with Gasteiger partial charge in [-0.05, 0) is 56.2 Å². The standard InChI is InChI=1S/C21H20ClNO5/c1-12-4-9-16(28-12)18-17(19(24)13-5-7-14(22)8-6-13)20(25)21(26)23(18)11-15-3-2-10-27-15/h4-9,15,18,24H,2-3,10-11H2,1H3/t15-,18+/m1/s1. The van der Waals surface area contributed by atoms with E-state index in [1.54, 1.807) is 43.3 Å². The summed E-state index contributed by atoms with van der Waals surface area (Å²) < 4.78 is 11.4. The maximum absolute atomic E-state index is 12.8. The number of aliphatic hydroxyl groups excluding tert-OH is 1. The number of carbonyl (C=O) groups is 2. The maximum Gasteiger partial charge on any atom is 0.295 e. The fourth-order valence-corrected chi connectivity index (χ4v) is 3.86. The van der Waals surface area contributed by atoms with Gasteiger partial charge in [-0.1, -0.05) is 11.6 Å². The van der Waals surface area contributed by atoms with E-state index in [1.807, 2.05) is 0 Å². The molecule has 1 N–H and O–H groups in total. The van der Waals surface area contributed by atoms with Crippen molar-refractivity contribution in [2.24, 2.45) is 0 Å². The molecule has 2 fully saturated rings. The third kappa shape index (κ3) is 3.34. The number of hydrogen-bond donors (Lipinski definition) is 1. The first-order chi connectivity index (χ1) is 13.5. The van der Waals surface area contributed by atoms with E-state index >= 15 is 0 Å². The number of hydrogen-bond acceptors (Lipinski definition) is 5. The molecule has 2 atom stereocenters. The number of rotatable bonds is 4. The molecule has 2 aliphatic rings. The topological polar surface area (TPSA) is 80.0 Å². The number of halogens is 1. The lowest BCUT2D eigenvalue weighted by molar-refractivity contribution is -0.141. The Labute approximate surface area is 167 Å². The van der Waals surface area contributed by atoms with Gasteiger partial charge in [-0.25, -0.2) is 0 Å². The van der Waals surface area contributed by atoms with E-state index < -0.39 is 17.7 Å². The third-order valence-corrected chi connectivity index (χ3v) is 5.36. The molecule has 7 heteroatoms. The number of likely N-dealkylation sites (tertiary alicyclic amines) is 1. The zero-order chi connectivity index (χ0) is 19.8. The van der Waals surface area contributed by atoms with Crippen LogP contribution in [0.25, 0.3) is 5.76 Å². The Morgan fingerprint density at radius 3 is 2.57 bits per heavy atom. The molecule has 0 unspecified atom stereocenters. The van der Waals surface area contributed by atoms with Crippen molar-refractivity contribution < 1.29 is 23.8 Å². The summed E-state index contributed by atoms with van der Waals surface area (Å²) in [5.41, 5.74) is 0.424. The summed E-state index contributed by atoms with van der Waals surface area (Å²) in [5.74, 6) is -0.548. The lowest BCUT2D eigenvalue weighted by Crippen LogP contribution is -2.36. The van der Waals surface area contributed by atoms with Crippen LogP contribution in [0.15, 0.2) is 46.4 Å². The van der Waals surface area contributed by atoms with Crippen molar-refractivity contribution in [3.63, 3.8) is 0 Å². The fraction of sp³-hybridized carbons (Fsp3) is 0.333. The number of ether oxygens (including phenoxy) is 1. The van der Waals surface area contributed by atoms with Gasteiger partial charge in [0.05, 0.1) is 11.7 Å². The van der Waals surface area contributed by atoms with Gasteiger partial charge in [-0.15, -0.1) is 0 Å². The Balaban J connectivity index is 1.80. The highest BCUT2D eigenvalue weighted by atomic mass is 35.5. The summed E-state index contributed by atoms with van der Waals surface area (Å²) in [6.07, 6.45) is 1.61. The van der Waals surface area contributed by atoms with E-state index in [4.69, 9.17) is 20.8 Å². The van der Waals surface area contributed by atoms with Gasteiger partial charge < -0.3 is 19.2 Å². The number of aliphatic hydroxyl groups is 1. The summed E-state index contributed by atoms with van der Waals surface area (Å²) in [7, 11) is 0. The van der Waals surface area contributed by atoms with Crippen LogP contribution in [0, 0.1) is 6.92 Å². The molecule has 28 heavy (non-hydrogen) atoms. The van der Waals surface area contributed by atoms with E-state index in [-0.39, 0.29) is 24.0 Å². The number of carbonyl (C=O) groups excluding carboxylic acids is 2. The predicted octanol–water partition coefficient (Wildman–Crippen LogP) is 3.84. The lowest BCUT2D eigenvalue weighted by Gasteiger charge is -2.25. The van der Waals surface area contributed by atoms with Gasteiger partial charge in [0, 0.05) is 23.7 Å². The number of benzene rings is 1. The van der Waals surface area contributed by atoms with Crippen LogP contribution in [0.3, 0.4) is 0 Å². The highest BCUT2D eigenvalue weighted by molar-refractivity contribution is 6.46. The molecule has 2 saturated heterocycles. The normalized spacial score (nSPS) is 24.3. The van der Waals surface area contributed by atoms with Gasteiger partial charge in [-0.3, -0.25) is 9.59 Å². The summed E-state index contributed by atoms with van der Waals surface area (Å²) in [5, 5.41) is 11.4. The second kappa shape index (κ2) is 7.45. The molecule has 2 aromatic rings. The van der Waals surface area contributed by atoms with Crippen LogP contribution in [0.2, 0.25) is 5.02 Å². The van der Waals surface area contributed by atoms with E-state index in [0.717, 1.165) is 12.8 Å². The molecule has 0 spiro atoms. The average molecular weight is 402 g/mol. The van der Waals surface area contributed by atoms with E-state index in [0.29, 0.717) is 28.7 Å². The summed E-state index contributed by atoms with van der Waals surface area (Å²) in [6, 6.07) is 9.14. The molecule has 3 heterocycles. The monoisotopic (exact) mass is 401 g/mol. The largest absolute Gasteiger partial charge is 0.507 e. The predicted molar refractivity (Wildman–Crippen MR) is 103 cm³/mol. The third-order valence-electron chi connectivity index (χ3n) is 5.11.